The molecule has 0 aromatic heterocycles. The maximum absolute atomic E-state index is 12.9. The third-order valence-corrected chi connectivity index (χ3v) is 5.66. The summed E-state index contributed by atoms with van der Waals surface area (Å²) >= 11 is 5.90. The zero-order valence-corrected chi connectivity index (χ0v) is 18.6. The molecule has 1 aliphatic rings. The molecule has 2 amide bonds. The number of nitrogens with zero attached hydrogens (tertiary/aromatic N) is 2. The normalized spacial score (nSPS) is 15.2. The van der Waals surface area contributed by atoms with Crippen molar-refractivity contribution < 1.29 is 14.3 Å². The molecule has 6 heteroatoms. The van der Waals surface area contributed by atoms with Crippen molar-refractivity contribution in [2.45, 2.75) is 39.2 Å². The molecule has 0 saturated carbocycles. The maximum atomic E-state index is 12.9. The van der Waals surface area contributed by atoms with Crippen molar-refractivity contribution in [3.8, 4) is 5.75 Å². The van der Waals surface area contributed by atoms with Gasteiger partial charge < -0.3 is 14.5 Å². The van der Waals surface area contributed by atoms with E-state index in [1.54, 1.807) is 24.0 Å². The third-order valence-electron chi connectivity index (χ3n) is 5.41. The lowest BCUT2D eigenvalue weighted by Crippen LogP contribution is -2.53. The van der Waals surface area contributed by atoms with Crippen molar-refractivity contribution in [2.24, 2.45) is 0 Å². The summed E-state index contributed by atoms with van der Waals surface area (Å²) in [6.45, 7) is 8.11. The van der Waals surface area contributed by atoms with Gasteiger partial charge in [0.1, 0.15) is 5.75 Å². The fourth-order valence-electron chi connectivity index (χ4n) is 3.63. The summed E-state index contributed by atoms with van der Waals surface area (Å²) in [7, 11) is 0. The highest BCUT2D eigenvalue weighted by atomic mass is 35.5. The molecular weight excluding hydrogens is 400 g/mol. The Morgan fingerprint density at radius 2 is 1.53 bits per heavy atom. The third kappa shape index (κ3) is 5.54. The molecule has 0 aliphatic carbocycles. The molecule has 1 saturated heterocycles. The number of halogens is 1. The smallest absolute Gasteiger partial charge is 0.263 e. The molecule has 1 fully saturated rings. The van der Waals surface area contributed by atoms with Crippen LogP contribution in [-0.4, -0.2) is 53.9 Å². The van der Waals surface area contributed by atoms with Gasteiger partial charge in [-0.2, -0.15) is 0 Å². The zero-order chi connectivity index (χ0) is 21.7. The van der Waals surface area contributed by atoms with Crippen LogP contribution in [0.15, 0.2) is 48.5 Å². The van der Waals surface area contributed by atoms with Crippen LogP contribution in [0.1, 0.15) is 37.8 Å². The number of hydrogen-bond acceptors (Lipinski definition) is 3. The molecule has 0 bridgehead atoms. The Labute approximate surface area is 183 Å². The Balaban J connectivity index is 1.52. The van der Waals surface area contributed by atoms with Crippen molar-refractivity contribution in [1.29, 1.82) is 0 Å². The van der Waals surface area contributed by atoms with Crippen LogP contribution in [0, 0.1) is 0 Å². The first kappa shape index (κ1) is 22.2. The second kappa shape index (κ2) is 9.98. The van der Waals surface area contributed by atoms with E-state index in [1.807, 2.05) is 41.3 Å². The van der Waals surface area contributed by atoms with Crippen LogP contribution < -0.4 is 4.74 Å². The van der Waals surface area contributed by atoms with Gasteiger partial charge in [-0.05, 0) is 42.2 Å². The Hall–Kier alpha value is -2.53. The maximum Gasteiger partial charge on any atom is 0.263 e. The molecule has 1 heterocycles. The molecule has 0 radical (unpaired) electrons. The van der Waals surface area contributed by atoms with Gasteiger partial charge in [0.25, 0.3) is 5.91 Å². The SMILES string of the molecule is CC(Oc1ccccc1C(C)C)C(=O)N1CCN(C(=O)Cc2ccc(Cl)cc2)CC1. The van der Waals surface area contributed by atoms with Gasteiger partial charge in [-0.3, -0.25) is 9.59 Å². The Kier molecular flexibility index (Phi) is 7.38. The molecule has 1 unspecified atom stereocenters. The number of hydrogen-bond donors (Lipinski definition) is 0. The van der Waals surface area contributed by atoms with E-state index in [0.717, 1.165) is 16.9 Å². The summed E-state index contributed by atoms with van der Waals surface area (Å²) in [5, 5.41) is 0.658. The fraction of sp³-hybridized carbons (Fsp3) is 0.417. The predicted octanol–water partition coefficient (Wildman–Crippen LogP) is 4.14. The topological polar surface area (TPSA) is 49.9 Å². The highest BCUT2D eigenvalue weighted by molar-refractivity contribution is 6.30. The van der Waals surface area contributed by atoms with Crippen molar-refractivity contribution in [3.63, 3.8) is 0 Å². The molecule has 5 nitrogen and oxygen atoms in total. The number of para-hydroxylation sites is 1. The number of rotatable bonds is 6. The molecule has 0 N–H and O–H groups in total. The van der Waals surface area contributed by atoms with E-state index >= 15 is 0 Å². The second-order valence-electron chi connectivity index (χ2n) is 7.96. The Morgan fingerprint density at radius 1 is 0.933 bits per heavy atom. The number of benzene rings is 2. The van der Waals surface area contributed by atoms with Crippen LogP contribution in [-0.2, 0) is 16.0 Å². The van der Waals surface area contributed by atoms with Gasteiger partial charge in [-0.15, -0.1) is 0 Å². The number of piperazine rings is 1. The lowest BCUT2D eigenvalue weighted by molar-refractivity contribution is -0.143. The van der Waals surface area contributed by atoms with Crippen molar-refractivity contribution in [3.05, 3.63) is 64.7 Å². The Morgan fingerprint density at radius 3 is 2.17 bits per heavy atom. The number of ether oxygens (including phenoxy) is 1. The van der Waals surface area contributed by atoms with Gasteiger partial charge >= 0.3 is 0 Å². The van der Waals surface area contributed by atoms with E-state index in [1.165, 1.54) is 0 Å². The van der Waals surface area contributed by atoms with Crippen LogP contribution in [0.5, 0.6) is 5.75 Å². The van der Waals surface area contributed by atoms with Gasteiger partial charge in [-0.1, -0.05) is 55.8 Å². The second-order valence-corrected chi connectivity index (χ2v) is 8.40. The van der Waals surface area contributed by atoms with Gasteiger partial charge in [-0.25, -0.2) is 0 Å². The van der Waals surface area contributed by atoms with Crippen LogP contribution in [0.3, 0.4) is 0 Å². The minimum Gasteiger partial charge on any atom is -0.481 e. The van der Waals surface area contributed by atoms with E-state index in [2.05, 4.69) is 13.8 Å². The van der Waals surface area contributed by atoms with E-state index in [4.69, 9.17) is 16.3 Å². The summed E-state index contributed by atoms with van der Waals surface area (Å²) < 4.78 is 6.00. The van der Waals surface area contributed by atoms with Gasteiger partial charge in [0.05, 0.1) is 6.42 Å². The van der Waals surface area contributed by atoms with E-state index in [-0.39, 0.29) is 11.8 Å². The van der Waals surface area contributed by atoms with Crippen molar-refractivity contribution >= 4 is 23.4 Å². The van der Waals surface area contributed by atoms with Crippen LogP contribution in [0.2, 0.25) is 5.02 Å². The summed E-state index contributed by atoms with van der Waals surface area (Å²) in [5.41, 5.74) is 2.03. The highest BCUT2D eigenvalue weighted by Gasteiger charge is 2.28. The zero-order valence-electron chi connectivity index (χ0n) is 17.8. The van der Waals surface area contributed by atoms with E-state index in [0.29, 0.717) is 43.5 Å². The summed E-state index contributed by atoms with van der Waals surface area (Å²) in [4.78, 5) is 29.0. The molecular formula is C24H29ClN2O3. The molecule has 3 rings (SSSR count). The first-order valence-electron chi connectivity index (χ1n) is 10.4. The largest absolute Gasteiger partial charge is 0.481 e. The summed E-state index contributed by atoms with van der Waals surface area (Å²) in [5.74, 6) is 1.10. The molecule has 1 atom stereocenters. The minimum atomic E-state index is -0.568. The van der Waals surface area contributed by atoms with Crippen LogP contribution >= 0.6 is 11.6 Å². The average Bonchev–Trinajstić information content (AvgIpc) is 2.75. The average molecular weight is 429 g/mol. The van der Waals surface area contributed by atoms with Crippen molar-refractivity contribution in [1.82, 2.24) is 9.80 Å². The van der Waals surface area contributed by atoms with E-state index < -0.39 is 6.10 Å². The standard InChI is InChI=1S/C24H29ClN2O3/c1-17(2)21-6-4-5-7-22(21)30-18(3)24(29)27-14-12-26(13-15-27)23(28)16-19-8-10-20(25)11-9-19/h4-11,17-18H,12-16H2,1-3H3. The number of amides is 2. The van der Waals surface area contributed by atoms with Gasteiger partial charge in [0, 0.05) is 31.2 Å². The summed E-state index contributed by atoms with van der Waals surface area (Å²) in [6.07, 6.45) is -0.224. The predicted molar refractivity (Wildman–Crippen MR) is 119 cm³/mol. The van der Waals surface area contributed by atoms with Crippen molar-refractivity contribution in [2.75, 3.05) is 26.2 Å². The van der Waals surface area contributed by atoms with Gasteiger partial charge in [0.15, 0.2) is 6.10 Å². The summed E-state index contributed by atoms with van der Waals surface area (Å²) in [6, 6.07) is 15.2. The first-order chi connectivity index (χ1) is 14.3. The Bertz CT molecular complexity index is 874. The quantitative estimate of drug-likeness (QED) is 0.694. The lowest BCUT2D eigenvalue weighted by atomic mass is 10.0. The monoisotopic (exact) mass is 428 g/mol. The van der Waals surface area contributed by atoms with Crippen LogP contribution in [0.4, 0.5) is 0 Å². The molecule has 2 aromatic carbocycles. The molecule has 160 valence electrons. The highest BCUT2D eigenvalue weighted by Crippen LogP contribution is 2.27. The lowest BCUT2D eigenvalue weighted by Gasteiger charge is -2.36. The number of carbonyl (C=O) groups is 2. The van der Waals surface area contributed by atoms with Gasteiger partial charge in [0.2, 0.25) is 5.91 Å². The number of carbonyl (C=O) groups excluding carboxylic acids is 2. The molecule has 2 aromatic rings. The minimum absolute atomic E-state index is 0.0432. The van der Waals surface area contributed by atoms with Crippen LogP contribution in [0.25, 0.3) is 0 Å². The molecule has 30 heavy (non-hydrogen) atoms. The molecule has 1 aliphatic heterocycles. The fourth-order valence-corrected chi connectivity index (χ4v) is 3.75. The first-order valence-corrected chi connectivity index (χ1v) is 10.8. The van der Waals surface area contributed by atoms with E-state index in [9.17, 15) is 9.59 Å². The molecule has 0 spiro atoms.